The van der Waals surface area contributed by atoms with E-state index in [4.69, 9.17) is 5.73 Å². The maximum absolute atomic E-state index is 11.0. The Balaban J connectivity index is 1.98. The van der Waals surface area contributed by atoms with Crippen LogP contribution in [0.1, 0.15) is 36.5 Å². The highest BCUT2D eigenvalue weighted by Gasteiger charge is 2.13. The van der Waals surface area contributed by atoms with Crippen LogP contribution in [0.2, 0.25) is 0 Å². The number of nitrogens with zero attached hydrogens (tertiary/aromatic N) is 1. The van der Waals surface area contributed by atoms with E-state index in [0.29, 0.717) is 6.54 Å². The first-order chi connectivity index (χ1) is 9.56. The molecule has 1 heterocycles. The van der Waals surface area contributed by atoms with Crippen LogP contribution < -0.4 is 11.1 Å². The van der Waals surface area contributed by atoms with Crippen LogP contribution in [0.25, 0.3) is 0 Å². The Morgan fingerprint density at radius 3 is 2.75 bits per heavy atom. The molecule has 0 aliphatic carbocycles. The summed E-state index contributed by atoms with van der Waals surface area (Å²) in [6, 6.07) is 6.23. The molecule has 4 nitrogen and oxygen atoms in total. The Morgan fingerprint density at radius 1 is 1.40 bits per heavy atom. The Hall–Kier alpha value is -1.39. The molecule has 0 saturated carbocycles. The number of rotatable bonds is 6. The molecule has 110 valence electrons. The quantitative estimate of drug-likeness (QED) is 0.828. The Labute approximate surface area is 121 Å². The normalized spacial score (nSPS) is 17.3. The summed E-state index contributed by atoms with van der Waals surface area (Å²) in [4.78, 5) is 13.5. The molecule has 1 aliphatic rings. The predicted molar refractivity (Wildman–Crippen MR) is 81.2 cm³/mol. The smallest absolute Gasteiger partial charge is 0.234 e. The van der Waals surface area contributed by atoms with Crippen molar-refractivity contribution < 1.29 is 4.79 Å². The van der Waals surface area contributed by atoms with E-state index < -0.39 is 0 Å². The van der Waals surface area contributed by atoms with E-state index in [0.717, 1.165) is 6.54 Å². The number of primary amides is 1. The van der Waals surface area contributed by atoms with Crippen LogP contribution in [-0.4, -0.2) is 29.9 Å². The van der Waals surface area contributed by atoms with Gasteiger partial charge in [-0.25, -0.2) is 0 Å². The van der Waals surface area contributed by atoms with E-state index in [-0.39, 0.29) is 11.9 Å². The molecule has 3 N–H and O–H groups in total. The largest absolute Gasteiger partial charge is 0.368 e. The van der Waals surface area contributed by atoms with E-state index in [1.165, 1.54) is 42.6 Å². The summed E-state index contributed by atoms with van der Waals surface area (Å²) in [6.45, 7) is 8.08. The molecule has 0 radical (unpaired) electrons. The molecular formula is C16H25N3O. The highest BCUT2D eigenvalue weighted by atomic mass is 16.1. The van der Waals surface area contributed by atoms with Crippen LogP contribution in [0.5, 0.6) is 0 Å². The molecule has 2 rings (SSSR count). The van der Waals surface area contributed by atoms with E-state index in [1.807, 2.05) is 0 Å². The number of benzene rings is 1. The van der Waals surface area contributed by atoms with Crippen molar-refractivity contribution in [3.05, 3.63) is 34.9 Å². The van der Waals surface area contributed by atoms with Gasteiger partial charge in [-0.3, -0.25) is 9.69 Å². The van der Waals surface area contributed by atoms with Gasteiger partial charge in [-0.2, -0.15) is 0 Å². The van der Waals surface area contributed by atoms with Gasteiger partial charge in [-0.1, -0.05) is 18.2 Å². The molecule has 1 amide bonds. The number of nitrogens with one attached hydrogen (secondary N) is 1. The lowest BCUT2D eigenvalue weighted by atomic mass is 10.0. The second-order valence-electron chi connectivity index (χ2n) is 5.75. The van der Waals surface area contributed by atoms with Crippen molar-refractivity contribution in [2.75, 3.05) is 13.1 Å². The molecule has 0 spiro atoms. The average molecular weight is 275 g/mol. The number of hydrogen-bond acceptors (Lipinski definition) is 3. The lowest BCUT2D eigenvalue weighted by molar-refractivity contribution is -0.119. The van der Waals surface area contributed by atoms with Crippen molar-refractivity contribution in [1.82, 2.24) is 10.2 Å². The van der Waals surface area contributed by atoms with Gasteiger partial charge in [0.15, 0.2) is 0 Å². The zero-order chi connectivity index (χ0) is 14.5. The first-order valence-electron chi connectivity index (χ1n) is 7.39. The Bertz CT molecular complexity index is 467. The van der Waals surface area contributed by atoms with Gasteiger partial charge in [0.2, 0.25) is 5.91 Å². The Kier molecular flexibility index (Phi) is 5.15. The zero-order valence-corrected chi connectivity index (χ0v) is 12.5. The van der Waals surface area contributed by atoms with Gasteiger partial charge in [0.1, 0.15) is 0 Å². The van der Waals surface area contributed by atoms with Crippen molar-refractivity contribution in [2.24, 2.45) is 5.73 Å². The predicted octanol–water partition coefficient (Wildman–Crippen LogP) is 1.55. The number of carbonyl (C=O) groups is 1. The summed E-state index contributed by atoms with van der Waals surface area (Å²) in [5.74, 6) is -0.311. The van der Waals surface area contributed by atoms with Gasteiger partial charge in [0, 0.05) is 13.1 Å². The molecule has 1 atom stereocenters. The lowest BCUT2D eigenvalue weighted by Gasteiger charge is -2.18. The van der Waals surface area contributed by atoms with Crippen molar-refractivity contribution in [3.8, 4) is 0 Å². The minimum Gasteiger partial charge on any atom is -0.368 e. The van der Waals surface area contributed by atoms with Crippen molar-refractivity contribution in [3.63, 3.8) is 0 Å². The third-order valence-corrected chi connectivity index (χ3v) is 4.05. The van der Waals surface area contributed by atoms with Crippen LogP contribution >= 0.6 is 0 Å². The van der Waals surface area contributed by atoms with Gasteiger partial charge in [-0.15, -0.1) is 0 Å². The number of likely N-dealkylation sites (tertiary alicyclic amines) is 1. The number of amides is 1. The fourth-order valence-corrected chi connectivity index (χ4v) is 2.56. The standard InChI is InChI=1S/C16H25N3O/c1-12-5-6-14(10-18-13(2)16(17)20)9-15(12)11-19-7-3-4-8-19/h5-6,9,13,18H,3-4,7-8,10-11H2,1-2H3,(H2,17,20). The lowest BCUT2D eigenvalue weighted by Crippen LogP contribution is -2.38. The third-order valence-electron chi connectivity index (χ3n) is 4.05. The van der Waals surface area contributed by atoms with Crippen LogP contribution in [0.4, 0.5) is 0 Å². The van der Waals surface area contributed by atoms with E-state index in [2.05, 4.69) is 35.3 Å². The van der Waals surface area contributed by atoms with Crippen LogP contribution in [0.3, 0.4) is 0 Å². The van der Waals surface area contributed by atoms with Gasteiger partial charge >= 0.3 is 0 Å². The number of aryl methyl sites for hydroxylation is 1. The molecule has 0 bridgehead atoms. The maximum Gasteiger partial charge on any atom is 0.234 e. The first-order valence-corrected chi connectivity index (χ1v) is 7.39. The zero-order valence-electron chi connectivity index (χ0n) is 12.5. The highest BCUT2D eigenvalue weighted by molar-refractivity contribution is 5.79. The molecule has 1 unspecified atom stereocenters. The summed E-state index contributed by atoms with van der Waals surface area (Å²) in [6.07, 6.45) is 2.63. The molecular weight excluding hydrogens is 250 g/mol. The SMILES string of the molecule is Cc1ccc(CNC(C)C(N)=O)cc1CN1CCCC1. The van der Waals surface area contributed by atoms with Crippen molar-refractivity contribution in [2.45, 2.75) is 45.8 Å². The number of carbonyl (C=O) groups excluding carboxylic acids is 1. The summed E-state index contributed by atoms with van der Waals surface area (Å²) < 4.78 is 0. The van der Waals surface area contributed by atoms with Crippen molar-refractivity contribution in [1.29, 1.82) is 0 Å². The van der Waals surface area contributed by atoms with Gasteiger partial charge < -0.3 is 11.1 Å². The summed E-state index contributed by atoms with van der Waals surface area (Å²) >= 11 is 0. The second kappa shape index (κ2) is 6.86. The minimum absolute atomic E-state index is 0.293. The van der Waals surface area contributed by atoms with Crippen molar-refractivity contribution >= 4 is 5.91 Å². The minimum atomic E-state index is -0.311. The monoisotopic (exact) mass is 275 g/mol. The van der Waals surface area contributed by atoms with E-state index in [9.17, 15) is 4.79 Å². The average Bonchev–Trinajstić information content (AvgIpc) is 2.92. The Morgan fingerprint density at radius 2 is 2.10 bits per heavy atom. The molecule has 20 heavy (non-hydrogen) atoms. The summed E-state index contributed by atoms with van der Waals surface area (Å²) in [7, 11) is 0. The van der Waals surface area contributed by atoms with Crippen LogP contribution in [-0.2, 0) is 17.9 Å². The van der Waals surface area contributed by atoms with Crippen LogP contribution in [0.15, 0.2) is 18.2 Å². The first kappa shape index (κ1) is 15.0. The maximum atomic E-state index is 11.0. The highest BCUT2D eigenvalue weighted by Crippen LogP contribution is 2.17. The molecule has 1 saturated heterocycles. The van der Waals surface area contributed by atoms with Crippen LogP contribution in [0, 0.1) is 6.92 Å². The molecule has 1 aliphatic heterocycles. The molecule has 1 aromatic carbocycles. The molecule has 0 aromatic heterocycles. The van der Waals surface area contributed by atoms with Gasteiger partial charge in [-0.05, 0) is 56.5 Å². The number of hydrogen-bond donors (Lipinski definition) is 2. The number of nitrogens with two attached hydrogens (primary N) is 1. The summed E-state index contributed by atoms with van der Waals surface area (Å²) in [5, 5.41) is 3.15. The molecule has 1 aromatic rings. The molecule has 1 fully saturated rings. The summed E-state index contributed by atoms with van der Waals surface area (Å²) in [5.41, 5.74) is 9.18. The second-order valence-corrected chi connectivity index (χ2v) is 5.75. The van der Waals surface area contributed by atoms with Gasteiger partial charge in [0.05, 0.1) is 6.04 Å². The van der Waals surface area contributed by atoms with E-state index in [1.54, 1.807) is 6.92 Å². The third kappa shape index (κ3) is 4.05. The van der Waals surface area contributed by atoms with Gasteiger partial charge in [0.25, 0.3) is 0 Å². The fourth-order valence-electron chi connectivity index (χ4n) is 2.56. The van der Waals surface area contributed by atoms with E-state index >= 15 is 0 Å². The molecule has 4 heteroatoms. The fraction of sp³-hybridized carbons (Fsp3) is 0.562. The topological polar surface area (TPSA) is 58.4 Å².